The van der Waals surface area contributed by atoms with Crippen LogP contribution in [0.4, 0.5) is 14.9 Å². The van der Waals surface area contributed by atoms with E-state index in [1.54, 1.807) is 12.1 Å². The molecule has 19 heavy (non-hydrogen) atoms. The second kappa shape index (κ2) is 6.52. The van der Waals surface area contributed by atoms with Gasteiger partial charge in [0.15, 0.2) is 0 Å². The highest BCUT2D eigenvalue weighted by molar-refractivity contribution is 5.84. The number of amides is 1. The Labute approximate surface area is 112 Å². The van der Waals surface area contributed by atoms with E-state index in [1.165, 1.54) is 12.1 Å². The number of benzene rings is 1. The van der Waals surface area contributed by atoms with Crippen LogP contribution in [0.1, 0.15) is 25.7 Å². The molecule has 0 heterocycles. The maximum absolute atomic E-state index is 13.4. The van der Waals surface area contributed by atoms with Crippen molar-refractivity contribution in [3.05, 3.63) is 30.1 Å². The first-order chi connectivity index (χ1) is 9.20. The highest BCUT2D eigenvalue weighted by atomic mass is 19.1. The number of halogens is 1. The van der Waals surface area contributed by atoms with E-state index >= 15 is 0 Å². The number of anilines is 1. The monoisotopic (exact) mass is 266 g/mol. The van der Waals surface area contributed by atoms with E-state index in [-0.39, 0.29) is 17.8 Å². The molecule has 0 spiro atoms. The van der Waals surface area contributed by atoms with Crippen LogP contribution in [0.25, 0.3) is 0 Å². The number of hydrogen-bond donors (Lipinski definition) is 2. The van der Waals surface area contributed by atoms with Crippen LogP contribution < -0.4 is 10.6 Å². The fourth-order valence-corrected chi connectivity index (χ4v) is 2.41. The molecule has 1 aromatic carbocycles. The molecule has 0 radical (unpaired) electrons. The fourth-order valence-electron chi connectivity index (χ4n) is 2.41. The summed E-state index contributed by atoms with van der Waals surface area (Å²) in [5.74, 6) is -0.465. The van der Waals surface area contributed by atoms with Crippen LogP contribution in [0.2, 0.25) is 0 Å². The zero-order valence-corrected chi connectivity index (χ0v) is 11.0. The van der Waals surface area contributed by atoms with Gasteiger partial charge in [-0.3, -0.25) is 5.32 Å². The van der Waals surface area contributed by atoms with Crippen molar-refractivity contribution in [3.63, 3.8) is 0 Å². The molecule has 5 heteroatoms. The molecule has 1 amide bonds. The first-order valence-electron chi connectivity index (χ1n) is 6.60. The number of hydrogen-bond acceptors (Lipinski definition) is 3. The Morgan fingerprint density at radius 2 is 2.05 bits per heavy atom. The second-order valence-corrected chi connectivity index (χ2v) is 4.73. The van der Waals surface area contributed by atoms with Gasteiger partial charge in [0.25, 0.3) is 0 Å². The number of ether oxygens (including phenoxy) is 1. The number of carbonyl (C=O) groups is 1. The van der Waals surface area contributed by atoms with Crippen molar-refractivity contribution in [2.45, 2.75) is 37.8 Å². The SMILES string of the molecule is CNC1CCCCC1OC(=O)Nc1ccccc1F. The molecule has 104 valence electrons. The van der Waals surface area contributed by atoms with E-state index in [1.807, 2.05) is 7.05 Å². The van der Waals surface area contributed by atoms with Crippen molar-refractivity contribution in [2.24, 2.45) is 0 Å². The Kier molecular flexibility index (Phi) is 4.74. The molecule has 0 aliphatic heterocycles. The van der Waals surface area contributed by atoms with Gasteiger partial charge in [0, 0.05) is 6.04 Å². The minimum atomic E-state index is -0.600. The van der Waals surface area contributed by atoms with E-state index in [0.29, 0.717) is 0 Å². The molecule has 2 N–H and O–H groups in total. The summed E-state index contributed by atoms with van der Waals surface area (Å²) in [5.41, 5.74) is 0.143. The molecule has 1 aromatic rings. The first kappa shape index (κ1) is 13.8. The van der Waals surface area contributed by atoms with Gasteiger partial charge in [0.2, 0.25) is 0 Å². The molecular weight excluding hydrogens is 247 g/mol. The molecule has 1 fully saturated rings. The van der Waals surface area contributed by atoms with E-state index < -0.39 is 11.9 Å². The Balaban J connectivity index is 1.92. The predicted octanol–water partition coefficient (Wildman–Crippen LogP) is 2.90. The van der Waals surface area contributed by atoms with Gasteiger partial charge in [-0.1, -0.05) is 18.6 Å². The lowest BCUT2D eigenvalue weighted by atomic mass is 9.92. The maximum atomic E-state index is 13.4. The van der Waals surface area contributed by atoms with Gasteiger partial charge < -0.3 is 10.1 Å². The largest absolute Gasteiger partial charge is 0.444 e. The average Bonchev–Trinajstić information content (AvgIpc) is 2.42. The maximum Gasteiger partial charge on any atom is 0.412 e. The van der Waals surface area contributed by atoms with Gasteiger partial charge in [0.05, 0.1) is 5.69 Å². The Bertz CT molecular complexity index is 439. The Hall–Kier alpha value is -1.62. The van der Waals surface area contributed by atoms with E-state index in [0.717, 1.165) is 25.7 Å². The number of likely N-dealkylation sites (N-methyl/N-ethyl adjacent to an activating group) is 1. The molecule has 2 atom stereocenters. The third kappa shape index (κ3) is 3.67. The third-order valence-corrected chi connectivity index (χ3v) is 3.44. The quantitative estimate of drug-likeness (QED) is 0.884. The molecule has 4 nitrogen and oxygen atoms in total. The molecule has 2 rings (SSSR count). The topological polar surface area (TPSA) is 50.4 Å². The highest BCUT2D eigenvalue weighted by Crippen LogP contribution is 2.22. The van der Waals surface area contributed by atoms with Crippen molar-refractivity contribution in [1.29, 1.82) is 0 Å². The molecule has 1 aliphatic rings. The summed E-state index contributed by atoms with van der Waals surface area (Å²) in [5, 5.41) is 5.59. The standard InChI is InChI=1S/C14H19FN2O2/c1-16-12-8-4-5-9-13(12)19-14(18)17-11-7-3-2-6-10(11)15/h2-3,6-7,12-13,16H,4-5,8-9H2,1H3,(H,17,18). The van der Waals surface area contributed by atoms with Crippen molar-refractivity contribution in [3.8, 4) is 0 Å². The summed E-state index contributed by atoms with van der Waals surface area (Å²) in [6.07, 6.45) is 3.28. The molecule has 1 aliphatic carbocycles. The average molecular weight is 266 g/mol. The lowest BCUT2D eigenvalue weighted by molar-refractivity contribution is 0.0640. The summed E-state index contributed by atoms with van der Waals surface area (Å²) in [7, 11) is 1.86. The van der Waals surface area contributed by atoms with E-state index in [9.17, 15) is 9.18 Å². The number of para-hydroxylation sites is 1. The second-order valence-electron chi connectivity index (χ2n) is 4.73. The zero-order chi connectivity index (χ0) is 13.7. The molecule has 0 aromatic heterocycles. The number of carbonyl (C=O) groups excluding carboxylic acids is 1. The van der Waals surface area contributed by atoms with Gasteiger partial charge in [-0.05, 0) is 38.4 Å². The van der Waals surface area contributed by atoms with Gasteiger partial charge in [0.1, 0.15) is 11.9 Å². The van der Waals surface area contributed by atoms with Crippen LogP contribution in [-0.2, 0) is 4.74 Å². The predicted molar refractivity (Wildman–Crippen MR) is 71.6 cm³/mol. The summed E-state index contributed by atoms with van der Waals surface area (Å²) < 4.78 is 18.8. The first-order valence-corrected chi connectivity index (χ1v) is 6.60. The fraction of sp³-hybridized carbons (Fsp3) is 0.500. The Morgan fingerprint density at radius 3 is 2.79 bits per heavy atom. The van der Waals surface area contributed by atoms with Gasteiger partial charge in [-0.15, -0.1) is 0 Å². The summed E-state index contributed by atoms with van der Waals surface area (Å²) in [6, 6.07) is 6.22. The molecule has 0 saturated heterocycles. The van der Waals surface area contributed by atoms with Gasteiger partial charge >= 0.3 is 6.09 Å². The van der Waals surface area contributed by atoms with Crippen LogP contribution in [0, 0.1) is 5.82 Å². The Morgan fingerprint density at radius 1 is 1.32 bits per heavy atom. The molecule has 1 saturated carbocycles. The van der Waals surface area contributed by atoms with Gasteiger partial charge in [-0.25, -0.2) is 9.18 Å². The minimum Gasteiger partial charge on any atom is -0.444 e. The smallest absolute Gasteiger partial charge is 0.412 e. The normalized spacial score (nSPS) is 22.8. The van der Waals surface area contributed by atoms with Crippen molar-refractivity contribution >= 4 is 11.8 Å². The lowest BCUT2D eigenvalue weighted by Gasteiger charge is -2.30. The molecular formula is C14H19FN2O2. The highest BCUT2D eigenvalue weighted by Gasteiger charge is 2.27. The summed E-state index contributed by atoms with van der Waals surface area (Å²) in [6.45, 7) is 0. The van der Waals surface area contributed by atoms with Crippen molar-refractivity contribution < 1.29 is 13.9 Å². The van der Waals surface area contributed by atoms with E-state index in [2.05, 4.69) is 10.6 Å². The lowest BCUT2D eigenvalue weighted by Crippen LogP contribution is -2.43. The van der Waals surface area contributed by atoms with Gasteiger partial charge in [-0.2, -0.15) is 0 Å². The number of nitrogens with one attached hydrogen (secondary N) is 2. The third-order valence-electron chi connectivity index (χ3n) is 3.44. The van der Waals surface area contributed by atoms with Crippen LogP contribution in [0.15, 0.2) is 24.3 Å². The van der Waals surface area contributed by atoms with Crippen molar-refractivity contribution in [1.82, 2.24) is 5.32 Å². The van der Waals surface area contributed by atoms with E-state index in [4.69, 9.17) is 4.74 Å². The van der Waals surface area contributed by atoms with Crippen molar-refractivity contribution in [2.75, 3.05) is 12.4 Å². The molecule has 0 bridgehead atoms. The summed E-state index contributed by atoms with van der Waals surface area (Å²) in [4.78, 5) is 11.8. The molecule has 2 unspecified atom stereocenters. The van der Waals surface area contributed by atoms with Crippen LogP contribution in [-0.4, -0.2) is 25.3 Å². The minimum absolute atomic E-state index is 0.143. The number of rotatable bonds is 3. The van der Waals surface area contributed by atoms with Crippen LogP contribution in [0.3, 0.4) is 0 Å². The zero-order valence-electron chi connectivity index (χ0n) is 11.0. The summed E-state index contributed by atoms with van der Waals surface area (Å²) >= 11 is 0. The van der Waals surface area contributed by atoms with Crippen LogP contribution >= 0.6 is 0 Å². The van der Waals surface area contributed by atoms with Crippen LogP contribution in [0.5, 0.6) is 0 Å².